The van der Waals surface area contributed by atoms with Gasteiger partial charge in [0.25, 0.3) is 0 Å². The number of ether oxygens (including phenoxy) is 1. The zero-order valence-corrected chi connectivity index (χ0v) is 20.0. The first-order valence-corrected chi connectivity index (χ1v) is 11.1. The number of para-hydroxylation sites is 1. The van der Waals surface area contributed by atoms with E-state index in [2.05, 4.69) is 35.0 Å². The third-order valence-electron chi connectivity index (χ3n) is 6.56. The van der Waals surface area contributed by atoms with Gasteiger partial charge in [-0.3, -0.25) is 4.90 Å². The van der Waals surface area contributed by atoms with E-state index in [1.807, 2.05) is 36.4 Å². The van der Waals surface area contributed by atoms with Crippen molar-refractivity contribution in [3.05, 3.63) is 60.2 Å². The molecular formula is C25H36Cl2N2O2. The summed E-state index contributed by atoms with van der Waals surface area (Å²) in [5, 5.41) is 11.3. The van der Waals surface area contributed by atoms with Crippen molar-refractivity contribution in [2.75, 3.05) is 33.2 Å². The molecular weight excluding hydrogens is 431 g/mol. The molecule has 2 fully saturated rings. The van der Waals surface area contributed by atoms with Crippen molar-refractivity contribution in [3.8, 4) is 11.5 Å². The number of hydrogen-bond donors (Lipinski definition) is 1. The first-order chi connectivity index (χ1) is 14.1. The Labute approximate surface area is 199 Å². The summed E-state index contributed by atoms with van der Waals surface area (Å²) < 4.78 is 6.10. The van der Waals surface area contributed by atoms with Crippen LogP contribution in [0.3, 0.4) is 0 Å². The van der Waals surface area contributed by atoms with Gasteiger partial charge in [0.2, 0.25) is 0 Å². The van der Waals surface area contributed by atoms with E-state index in [0.29, 0.717) is 0 Å². The Morgan fingerprint density at radius 3 is 2.19 bits per heavy atom. The van der Waals surface area contributed by atoms with Gasteiger partial charge in [-0.1, -0.05) is 49.6 Å². The van der Waals surface area contributed by atoms with E-state index >= 15 is 0 Å². The number of rotatable bonds is 6. The Hall–Kier alpha value is -1.30. The molecule has 6 heteroatoms. The quantitative estimate of drug-likeness (QED) is 0.592. The predicted octanol–water partition coefficient (Wildman–Crippen LogP) is 5.70. The molecule has 4 nitrogen and oxygen atoms in total. The van der Waals surface area contributed by atoms with Crippen molar-refractivity contribution >= 4 is 24.8 Å². The number of aliphatic hydroxyl groups is 1. The highest BCUT2D eigenvalue weighted by atomic mass is 35.5. The lowest BCUT2D eigenvalue weighted by molar-refractivity contribution is -0.0333. The van der Waals surface area contributed by atoms with Crippen molar-refractivity contribution in [2.45, 2.75) is 50.2 Å². The van der Waals surface area contributed by atoms with Crippen LogP contribution >= 0.6 is 24.8 Å². The molecule has 4 rings (SSSR count). The molecule has 0 amide bonds. The predicted molar refractivity (Wildman–Crippen MR) is 132 cm³/mol. The lowest BCUT2D eigenvalue weighted by atomic mass is 9.79. The Bertz CT molecular complexity index is 776. The topological polar surface area (TPSA) is 35.9 Å². The number of hydrogen-bond acceptors (Lipinski definition) is 4. The van der Waals surface area contributed by atoms with Crippen LogP contribution in [0, 0.1) is 0 Å². The third-order valence-corrected chi connectivity index (χ3v) is 6.56. The summed E-state index contributed by atoms with van der Waals surface area (Å²) in [5.41, 5.74) is 0.713. The highest BCUT2D eigenvalue weighted by Crippen LogP contribution is 2.39. The molecule has 1 atom stereocenters. The average Bonchev–Trinajstić information content (AvgIpc) is 2.74. The molecule has 1 saturated heterocycles. The summed E-state index contributed by atoms with van der Waals surface area (Å²) in [6.07, 6.45) is 6.20. The Morgan fingerprint density at radius 2 is 1.52 bits per heavy atom. The fraction of sp³-hybridized carbons (Fsp3) is 0.520. The molecule has 172 valence electrons. The summed E-state index contributed by atoms with van der Waals surface area (Å²) in [4.78, 5) is 4.95. The van der Waals surface area contributed by atoms with Crippen molar-refractivity contribution in [1.29, 1.82) is 0 Å². The molecule has 1 saturated carbocycles. The number of likely N-dealkylation sites (N-methyl/N-ethyl adjacent to an activating group) is 1. The Kier molecular flexibility index (Phi) is 10.1. The summed E-state index contributed by atoms with van der Waals surface area (Å²) in [6, 6.07) is 18.6. The minimum atomic E-state index is -0.539. The number of piperazine rings is 1. The third kappa shape index (κ3) is 7.10. The molecule has 0 spiro atoms. The second-order valence-corrected chi connectivity index (χ2v) is 8.83. The standard InChI is InChI=1S/C25H34N2O2.2ClH/c1-26-15-17-27(18-16-26)24(20-25(28)13-6-3-7-14-25)21-9-8-12-23(19-21)29-22-10-4-2-5-11-22;;/h2,4-5,8-12,19,24,28H,3,6-7,13-18,20H2,1H3;2*1H. The van der Waals surface area contributed by atoms with E-state index < -0.39 is 5.60 Å². The summed E-state index contributed by atoms with van der Waals surface area (Å²) in [7, 11) is 2.19. The zero-order valence-electron chi connectivity index (χ0n) is 18.4. The van der Waals surface area contributed by atoms with Crippen molar-refractivity contribution in [3.63, 3.8) is 0 Å². The molecule has 0 aromatic heterocycles. The van der Waals surface area contributed by atoms with Gasteiger partial charge in [-0.05, 0) is 56.1 Å². The van der Waals surface area contributed by atoms with Crippen molar-refractivity contribution in [1.82, 2.24) is 9.80 Å². The van der Waals surface area contributed by atoms with Crippen LogP contribution in [0.1, 0.15) is 50.1 Å². The molecule has 2 aromatic carbocycles. The molecule has 0 radical (unpaired) electrons. The molecule has 2 aliphatic rings. The van der Waals surface area contributed by atoms with Gasteiger partial charge in [-0.2, -0.15) is 0 Å². The van der Waals surface area contributed by atoms with E-state index in [4.69, 9.17) is 4.74 Å². The Morgan fingerprint density at radius 1 is 0.871 bits per heavy atom. The fourth-order valence-corrected chi connectivity index (χ4v) is 4.78. The number of benzene rings is 2. The summed E-state index contributed by atoms with van der Waals surface area (Å²) in [6.45, 7) is 4.24. The lowest BCUT2D eigenvalue weighted by Gasteiger charge is -2.43. The molecule has 1 unspecified atom stereocenters. The second-order valence-electron chi connectivity index (χ2n) is 8.83. The van der Waals surface area contributed by atoms with Crippen LogP contribution in [0.4, 0.5) is 0 Å². The maximum Gasteiger partial charge on any atom is 0.127 e. The van der Waals surface area contributed by atoms with Crippen molar-refractivity contribution in [2.24, 2.45) is 0 Å². The molecule has 0 bridgehead atoms. The van der Waals surface area contributed by atoms with Crippen LogP contribution in [0.2, 0.25) is 0 Å². The van der Waals surface area contributed by atoms with Crippen LogP contribution in [0.5, 0.6) is 11.5 Å². The minimum Gasteiger partial charge on any atom is -0.457 e. The fourth-order valence-electron chi connectivity index (χ4n) is 4.78. The molecule has 2 aromatic rings. The number of halogens is 2. The normalized spacial score (nSPS) is 20.2. The summed E-state index contributed by atoms with van der Waals surface area (Å²) in [5.74, 6) is 1.72. The van der Waals surface area contributed by atoms with E-state index in [1.165, 1.54) is 12.0 Å². The first kappa shape index (κ1) is 26.0. The van der Waals surface area contributed by atoms with E-state index in [1.54, 1.807) is 0 Å². The molecule has 31 heavy (non-hydrogen) atoms. The molecule has 1 aliphatic heterocycles. The molecule has 1 N–H and O–H groups in total. The lowest BCUT2D eigenvalue weighted by Crippen LogP contribution is -2.48. The second kappa shape index (κ2) is 12.1. The smallest absolute Gasteiger partial charge is 0.127 e. The van der Waals surface area contributed by atoms with Gasteiger partial charge in [0.1, 0.15) is 11.5 Å². The number of nitrogens with zero attached hydrogens (tertiary/aromatic N) is 2. The van der Waals surface area contributed by atoms with E-state index in [-0.39, 0.29) is 30.9 Å². The zero-order chi connectivity index (χ0) is 20.1. The van der Waals surface area contributed by atoms with E-state index in [9.17, 15) is 5.11 Å². The molecule has 1 heterocycles. The van der Waals surface area contributed by atoms with Gasteiger partial charge in [-0.25, -0.2) is 0 Å². The largest absolute Gasteiger partial charge is 0.457 e. The van der Waals surface area contributed by atoms with E-state index in [0.717, 1.165) is 69.8 Å². The molecule has 1 aliphatic carbocycles. The van der Waals surface area contributed by atoms with Crippen LogP contribution in [0.25, 0.3) is 0 Å². The maximum absolute atomic E-state index is 11.3. The van der Waals surface area contributed by atoms with Gasteiger partial charge in [-0.15, -0.1) is 24.8 Å². The average molecular weight is 467 g/mol. The van der Waals surface area contributed by atoms with Gasteiger partial charge in [0.05, 0.1) is 5.60 Å². The minimum absolute atomic E-state index is 0. The van der Waals surface area contributed by atoms with Gasteiger partial charge in [0, 0.05) is 32.2 Å². The Balaban J connectivity index is 0.00000171. The van der Waals surface area contributed by atoms with Crippen LogP contribution in [-0.2, 0) is 0 Å². The van der Waals surface area contributed by atoms with Gasteiger partial charge in [0.15, 0.2) is 0 Å². The van der Waals surface area contributed by atoms with Crippen LogP contribution in [-0.4, -0.2) is 53.7 Å². The highest BCUT2D eigenvalue weighted by Gasteiger charge is 2.35. The maximum atomic E-state index is 11.3. The summed E-state index contributed by atoms with van der Waals surface area (Å²) >= 11 is 0. The SMILES string of the molecule is CN1CCN(C(CC2(O)CCCCC2)c2cccc(Oc3ccccc3)c2)CC1.Cl.Cl. The van der Waals surface area contributed by atoms with Gasteiger partial charge >= 0.3 is 0 Å². The first-order valence-electron chi connectivity index (χ1n) is 11.1. The van der Waals surface area contributed by atoms with Crippen LogP contribution in [0.15, 0.2) is 54.6 Å². The van der Waals surface area contributed by atoms with Gasteiger partial charge < -0.3 is 14.7 Å². The highest BCUT2D eigenvalue weighted by molar-refractivity contribution is 5.85. The van der Waals surface area contributed by atoms with Crippen LogP contribution < -0.4 is 4.74 Å². The van der Waals surface area contributed by atoms with Crippen molar-refractivity contribution < 1.29 is 9.84 Å². The monoisotopic (exact) mass is 466 g/mol.